The lowest BCUT2D eigenvalue weighted by Gasteiger charge is -2.33. The number of carbonyl (C=O) groups excluding carboxylic acids is 1. The first-order chi connectivity index (χ1) is 13.1. The smallest absolute Gasteiger partial charge is 0.282 e. The van der Waals surface area contributed by atoms with Crippen LogP contribution in [0.3, 0.4) is 0 Å². The van der Waals surface area contributed by atoms with Gasteiger partial charge in [0, 0.05) is 31.4 Å². The van der Waals surface area contributed by atoms with Crippen LogP contribution < -0.4 is 10.2 Å². The number of para-hydroxylation sites is 1. The van der Waals surface area contributed by atoms with E-state index < -0.39 is 10.8 Å². The molecule has 3 rings (SSSR count). The summed E-state index contributed by atoms with van der Waals surface area (Å²) >= 11 is 0. The molecular weight excluding hydrogens is 342 g/mol. The van der Waals surface area contributed by atoms with Crippen LogP contribution in [-0.4, -0.2) is 23.9 Å². The highest BCUT2D eigenvalue weighted by atomic mass is 16.6. The average Bonchev–Trinajstić information content (AvgIpc) is 2.72. The summed E-state index contributed by atoms with van der Waals surface area (Å²) in [5.74, 6) is -0.439. The summed E-state index contributed by atoms with van der Waals surface area (Å²) in [4.78, 5) is 25.2. The molecule has 2 aromatic carbocycles. The number of nitrogens with one attached hydrogen (secondary N) is 1. The second-order valence-corrected chi connectivity index (χ2v) is 7.03. The van der Waals surface area contributed by atoms with Gasteiger partial charge in [-0.1, -0.05) is 43.5 Å². The molecule has 6 nitrogen and oxygen atoms in total. The van der Waals surface area contributed by atoms with Crippen molar-refractivity contribution in [1.82, 2.24) is 5.32 Å². The van der Waals surface area contributed by atoms with Crippen LogP contribution in [-0.2, 0) is 6.54 Å². The second kappa shape index (κ2) is 8.66. The third-order valence-corrected chi connectivity index (χ3v) is 5.26. The molecule has 1 N–H and O–H groups in total. The van der Waals surface area contributed by atoms with Crippen molar-refractivity contribution in [2.75, 3.05) is 11.9 Å². The maximum Gasteiger partial charge on any atom is 0.282 e. The fourth-order valence-electron chi connectivity index (χ4n) is 3.63. The molecule has 0 bridgehead atoms. The van der Waals surface area contributed by atoms with Crippen LogP contribution in [0.2, 0.25) is 0 Å². The SMILES string of the molecule is CN(c1ccc(CNC(=O)c2ccccc2[N+](=O)[O-])cc1)C1CCCCC1. The number of nitrogens with zero attached hydrogens (tertiary/aromatic N) is 2. The predicted molar refractivity (Wildman–Crippen MR) is 106 cm³/mol. The van der Waals surface area contributed by atoms with Crippen molar-refractivity contribution in [3.05, 3.63) is 69.8 Å². The maximum absolute atomic E-state index is 12.3. The Morgan fingerprint density at radius 1 is 1.11 bits per heavy atom. The molecule has 1 saturated carbocycles. The van der Waals surface area contributed by atoms with Gasteiger partial charge in [0.05, 0.1) is 4.92 Å². The number of amides is 1. The largest absolute Gasteiger partial charge is 0.372 e. The summed E-state index contributed by atoms with van der Waals surface area (Å²) < 4.78 is 0. The number of anilines is 1. The molecule has 0 radical (unpaired) electrons. The third-order valence-electron chi connectivity index (χ3n) is 5.26. The Hall–Kier alpha value is -2.89. The van der Waals surface area contributed by atoms with Gasteiger partial charge in [-0.15, -0.1) is 0 Å². The number of hydrogen-bond acceptors (Lipinski definition) is 4. The van der Waals surface area contributed by atoms with E-state index in [2.05, 4.69) is 29.4 Å². The standard InChI is InChI=1S/C21H25N3O3/c1-23(17-7-3-2-4-8-17)18-13-11-16(12-14-18)15-22-21(25)19-9-5-6-10-20(19)24(26)27/h5-6,9-14,17H,2-4,7-8,15H2,1H3,(H,22,25). The fraction of sp³-hybridized carbons (Fsp3) is 0.381. The lowest BCUT2D eigenvalue weighted by atomic mass is 9.94. The summed E-state index contributed by atoms with van der Waals surface area (Å²) in [5, 5.41) is 13.8. The zero-order valence-corrected chi connectivity index (χ0v) is 15.6. The van der Waals surface area contributed by atoms with Gasteiger partial charge in [-0.25, -0.2) is 0 Å². The lowest BCUT2D eigenvalue weighted by molar-refractivity contribution is -0.385. The van der Waals surface area contributed by atoms with Crippen molar-refractivity contribution < 1.29 is 9.72 Å². The van der Waals surface area contributed by atoms with E-state index in [0.29, 0.717) is 12.6 Å². The molecule has 0 heterocycles. The van der Waals surface area contributed by atoms with Gasteiger partial charge in [0.2, 0.25) is 0 Å². The summed E-state index contributed by atoms with van der Waals surface area (Å²) in [6.07, 6.45) is 6.41. The minimum absolute atomic E-state index is 0.0798. The summed E-state index contributed by atoms with van der Waals surface area (Å²) in [6.45, 7) is 0.332. The molecule has 6 heteroatoms. The molecule has 1 aliphatic carbocycles. The summed E-state index contributed by atoms with van der Waals surface area (Å²) in [5.41, 5.74) is 2.04. The number of rotatable bonds is 6. The monoisotopic (exact) mass is 367 g/mol. The Labute approximate surface area is 159 Å². The van der Waals surface area contributed by atoms with E-state index in [1.54, 1.807) is 12.1 Å². The van der Waals surface area contributed by atoms with E-state index in [4.69, 9.17) is 0 Å². The topological polar surface area (TPSA) is 75.5 Å². The molecule has 1 aliphatic rings. The predicted octanol–water partition coefficient (Wildman–Crippen LogP) is 4.29. The Morgan fingerprint density at radius 3 is 2.44 bits per heavy atom. The number of nitro groups is 1. The van der Waals surface area contributed by atoms with E-state index in [1.165, 1.54) is 49.9 Å². The molecule has 2 aromatic rings. The lowest BCUT2D eigenvalue weighted by Crippen LogP contribution is -2.33. The first kappa shape index (κ1) is 18.9. The number of carbonyl (C=O) groups is 1. The van der Waals surface area contributed by atoms with Crippen molar-refractivity contribution in [1.29, 1.82) is 0 Å². The van der Waals surface area contributed by atoms with Crippen LogP contribution in [0, 0.1) is 10.1 Å². The zero-order chi connectivity index (χ0) is 19.2. The quantitative estimate of drug-likeness (QED) is 0.610. The summed E-state index contributed by atoms with van der Waals surface area (Å²) in [6, 6.07) is 14.7. The van der Waals surface area contributed by atoms with E-state index in [0.717, 1.165) is 5.56 Å². The van der Waals surface area contributed by atoms with Gasteiger partial charge in [-0.05, 0) is 36.6 Å². The van der Waals surface area contributed by atoms with E-state index in [9.17, 15) is 14.9 Å². The maximum atomic E-state index is 12.3. The van der Waals surface area contributed by atoms with E-state index >= 15 is 0 Å². The Morgan fingerprint density at radius 2 is 1.78 bits per heavy atom. The molecule has 0 aromatic heterocycles. The number of nitro benzene ring substituents is 1. The fourth-order valence-corrected chi connectivity index (χ4v) is 3.63. The molecule has 1 amide bonds. The van der Waals surface area contributed by atoms with Gasteiger partial charge in [0.25, 0.3) is 11.6 Å². The molecule has 0 spiro atoms. The molecular formula is C21H25N3O3. The van der Waals surface area contributed by atoms with Crippen LogP contribution >= 0.6 is 0 Å². The minimum Gasteiger partial charge on any atom is -0.372 e. The van der Waals surface area contributed by atoms with Gasteiger partial charge in [0.1, 0.15) is 5.56 Å². The Balaban J connectivity index is 1.60. The van der Waals surface area contributed by atoms with Crippen LogP contribution in [0.15, 0.2) is 48.5 Å². The molecule has 0 atom stereocenters. The Kier molecular flexibility index (Phi) is 6.06. The van der Waals surface area contributed by atoms with Gasteiger partial charge in [0.15, 0.2) is 0 Å². The van der Waals surface area contributed by atoms with Crippen molar-refractivity contribution in [2.45, 2.75) is 44.7 Å². The van der Waals surface area contributed by atoms with Crippen LogP contribution in [0.4, 0.5) is 11.4 Å². The van der Waals surface area contributed by atoms with Crippen molar-refractivity contribution >= 4 is 17.3 Å². The second-order valence-electron chi connectivity index (χ2n) is 7.03. The molecule has 1 fully saturated rings. The molecule has 142 valence electrons. The average molecular weight is 367 g/mol. The van der Waals surface area contributed by atoms with Crippen molar-refractivity contribution in [3.8, 4) is 0 Å². The molecule has 0 unspecified atom stereocenters. The minimum atomic E-state index is -0.537. The van der Waals surface area contributed by atoms with Gasteiger partial charge < -0.3 is 10.2 Å². The van der Waals surface area contributed by atoms with Crippen LogP contribution in [0.1, 0.15) is 48.0 Å². The first-order valence-corrected chi connectivity index (χ1v) is 9.39. The first-order valence-electron chi connectivity index (χ1n) is 9.39. The number of benzene rings is 2. The molecule has 0 saturated heterocycles. The Bertz CT molecular complexity index is 799. The number of hydrogen-bond donors (Lipinski definition) is 1. The van der Waals surface area contributed by atoms with Gasteiger partial charge in [-0.2, -0.15) is 0 Å². The molecule has 27 heavy (non-hydrogen) atoms. The van der Waals surface area contributed by atoms with Gasteiger partial charge in [-0.3, -0.25) is 14.9 Å². The van der Waals surface area contributed by atoms with E-state index in [-0.39, 0.29) is 11.3 Å². The highest BCUT2D eigenvalue weighted by molar-refractivity contribution is 5.98. The van der Waals surface area contributed by atoms with Gasteiger partial charge >= 0.3 is 0 Å². The summed E-state index contributed by atoms with van der Waals surface area (Å²) in [7, 11) is 2.14. The zero-order valence-electron chi connectivity index (χ0n) is 15.6. The third kappa shape index (κ3) is 4.64. The highest BCUT2D eigenvalue weighted by Crippen LogP contribution is 2.26. The van der Waals surface area contributed by atoms with Crippen LogP contribution in [0.25, 0.3) is 0 Å². The van der Waals surface area contributed by atoms with E-state index in [1.807, 2.05) is 12.1 Å². The highest BCUT2D eigenvalue weighted by Gasteiger charge is 2.19. The van der Waals surface area contributed by atoms with Crippen molar-refractivity contribution in [2.24, 2.45) is 0 Å². The van der Waals surface area contributed by atoms with Crippen LogP contribution in [0.5, 0.6) is 0 Å². The van der Waals surface area contributed by atoms with Crippen molar-refractivity contribution in [3.63, 3.8) is 0 Å². The molecule has 0 aliphatic heterocycles. The normalized spacial score (nSPS) is 14.6.